The molecule has 2 rings (SSSR count). The highest BCUT2D eigenvalue weighted by Gasteiger charge is 2.09. The molecule has 3 heteroatoms. The zero-order valence-corrected chi connectivity index (χ0v) is 13.5. The van der Waals surface area contributed by atoms with Crippen LogP contribution in [0.2, 0.25) is 0 Å². The largest absolute Gasteiger partial charge is 0.326 e. The number of hydrogen-bond acceptors (Lipinski definition) is 1. The van der Waals surface area contributed by atoms with E-state index in [1.807, 2.05) is 19.3 Å². The molecule has 0 aliphatic heterocycles. The quantitative estimate of drug-likeness (QED) is 0.555. The van der Waals surface area contributed by atoms with E-state index in [0.29, 0.717) is 5.92 Å². The number of hydrogen-bond donors (Lipinski definition) is 0. The first-order valence-corrected chi connectivity index (χ1v) is 7.89. The molecule has 0 N–H and O–H groups in total. The van der Waals surface area contributed by atoms with Crippen LogP contribution in [0.4, 0.5) is 0 Å². The van der Waals surface area contributed by atoms with Crippen molar-refractivity contribution in [2.45, 2.75) is 53.0 Å². The molecule has 0 amide bonds. The Balaban J connectivity index is 2.06. The number of nitrogens with zero attached hydrogens (tertiary/aromatic N) is 2. The predicted octanol–water partition coefficient (Wildman–Crippen LogP) is 3.91. The Labute approximate surface area is 129 Å². The Hall–Kier alpha value is -1.51. The molecule has 0 aliphatic rings. The smallest absolute Gasteiger partial charge is 0.114 e. The zero-order valence-electron chi connectivity index (χ0n) is 13.5. The summed E-state index contributed by atoms with van der Waals surface area (Å²) in [4.78, 5) is 4.50. The van der Waals surface area contributed by atoms with Crippen LogP contribution in [-0.2, 0) is 6.54 Å². The number of aryl methyl sites for hydroxylation is 1. The lowest BCUT2D eigenvalue weighted by atomic mass is 9.90. The molecule has 1 aromatic carbocycles. The number of benzene rings is 1. The first-order chi connectivity index (χ1) is 10.0. The highest BCUT2D eigenvalue weighted by Crippen LogP contribution is 2.20. The summed E-state index contributed by atoms with van der Waals surface area (Å²) < 4.78 is 2.18. The van der Waals surface area contributed by atoms with Crippen molar-refractivity contribution in [1.82, 2.24) is 9.55 Å². The van der Waals surface area contributed by atoms with Crippen molar-refractivity contribution in [3.05, 3.63) is 36.2 Å². The van der Waals surface area contributed by atoms with Gasteiger partial charge in [-0.25, -0.2) is 4.98 Å². The van der Waals surface area contributed by atoms with Crippen LogP contribution >= 0.6 is 0 Å². The maximum Gasteiger partial charge on any atom is 0.114 e. The highest BCUT2D eigenvalue weighted by molar-refractivity contribution is 6.34. The second kappa shape index (κ2) is 6.97. The number of unbranched alkanes of at least 4 members (excludes halogenated alkanes) is 1. The number of allylic oxidation sites excluding steroid dienone is 1. The van der Waals surface area contributed by atoms with E-state index in [1.54, 1.807) is 0 Å². The van der Waals surface area contributed by atoms with Crippen molar-refractivity contribution in [3.63, 3.8) is 0 Å². The van der Waals surface area contributed by atoms with E-state index >= 15 is 0 Å². The molecule has 1 unspecified atom stereocenters. The Kier molecular flexibility index (Phi) is 5.27. The molecule has 0 saturated carbocycles. The molecule has 0 aliphatic carbocycles. The van der Waals surface area contributed by atoms with Crippen LogP contribution in [0.5, 0.6) is 0 Å². The molecule has 1 atom stereocenters. The van der Waals surface area contributed by atoms with Crippen molar-refractivity contribution < 1.29 is 0 Å². The Bertz CT molecular complexity index is 627. The van der Waals surface area contributed by atoms with Crippen LogP contribution in [-0.4, -0.2) is 17.4 Å². The van der Waals surface area contributed by atoms with Gasteiger partial charge in [-0.2, -0.15) is 0 Å². The molecule has 2 nitrogen and oxygen atoms in total. The molecule has 21 heavy (non-hydrogen) atoms. The summed E-state index contributed by atoms with van der Waals surface area (Å²) in [6.07, 6.45) is 6.85. The molecule has 2 radical (unpaired) electrons. The summed E-state index contributed by atoms with van der Waals surface area (Å²) in [5.41, 5.74) is 5.28. The van der Waals surface area contributed by atoms with Gasteiger partial charge >= 0.3 is 0 Å². The molecule has 0 spiro atoms. The van der Waals surface area contributed by atoms with Crippen LogP contribution in [0.1, 0.15) is 45.1 Å². The fourth-order valence-electron chi connectivity index (χ4n) is 2.86. The van der Waals surface area contributed by atoms with Gasteiger partial charge in [-0.1, -0.05) is 56.8 Å². The van der Waals surface area contributed by atoms with Crippen molar-refractivity contribution in [3.8, 4) is 0 Å². The lowest BCUT2D eigenvalue weighted by Gasteiger charge is -2.14. The molecule has 0 fully saturated rings. The highest BCUT2D eigenvalue weighted by atomic mass is 15.0. The summed E-state index contributed by atoms with van der Waals surface area (Å²) in [6, 6.07) is 4.01. The van der Waals surface area contributed by atoms with E-state index < -0.39 is 0 Å². The van der Waals surface area contributed by atoms with Gasteiger partial charge in [0.15, 0.2) is 0 Å². The summed E-state index contributed by atoms with van der Waals surface area (Å²) in [7, 11) is 5.94. The lowest BCUT2D eigenvalue weighted by Crippen LogP contribution is -2.08. The monoisotopic (exact) mass is 280 g/mol. The SMILES string of the molecule is [B]c1ccc2c(ncn2CC(=C)CC(C)CCCC)c1C. The second-order valence-electron chi connectivity index (χ2n) is 6.22. The topological polar surface area (TPSA) is 17.8 Å². The van der Waals surface area contributed by atoms with Crippen LogP contribution in [0, 0.1) is 12.8 Å². The molecule has 1 aromatic heterocycles. The summed E-state index contributed by atoms with van der Waals surface area (Å²) in [5.74, 6) is 0.713. The number of fused-ring (bicyclic) bond motifs is 1. The molecule has 0 bridgehead atoms. The zero-order chi connectivity index (χ0) is 15.4. The number of rotatable bonds is 7. The lowest BCUT2D eigenvalue weighted by molar-refractivity contribution is 0.492. The Morgan fingerprint density at radius 1 is 1.43 bits per heavy atom. The maximum absolute atomic E-state index is 5.94. The van der Waals surface area contributed by atoms with E-state index in [4.69, 9.17) is 7.85 Å². The van der Waals surface area contributed by atoms with Gasteiger partial charge in [0.2, 0.25) is 0 Å². The van der Waals surface area contributed by atoms with Crippen molar-refractivity contribution >= 4 is 24.3 Å². The molecule has 2 aromatic rings. The minimum Gasteiger partial charge on any atom is -0.326 e. The van der Waals surface area contributed by atoms with E-state index in [1.165, 1.54) is 24.8 Å². The van der Waals surface area contributed by atoms with Gasteiger partial charge in [0.1, 0.15) is 7.85 Å². The first kappa shape index (κ1) is 15.9. The summed E-state index contributed by atoms with van der Waals surface area (Å²) in [5, 5.41) is 0. The van der Waals surface area contributed by atoms with Gasteiger partial charge in [-0.05, 0) is 30.9 Å². The molecule has 110 valence electrons. The average molecular weight is 280 g/mol. The van der Waals surface area contributed by atoms with Crippen LogP contribution < -0.4 is 5.46 Å². The molecule has 1 heterocycles. The van der Waals surface area contributed by atoms with Gasteiger partial charge in [0.25, 0.3) is 0 Å². The van der Waals surface area contributed by atoms with Crippen molar-refractivity contribution in [2.75, 3.05) is 0 Å². The molecule has 0 saturated heterocycles. The van der Waals surface area contributed by atoms with Gasteiger partial charge in [-0.3, -0.25) is 0 Å². The van der Waals surface area contributed by atoms with Gasteiger partial charge < -0.3 is 4.57 Å². The van der Waals surface area contributed by atoms with E-state index in [-0.39, 0.29) is 0 Å². The normalized spacial score (nSPS) is 12.7. The minimum absolute atomic E-state index is 0.713. The van der Waals surface area contributed by atoms with E-state index in [0.717, 1.165) is 35.0 Å². The first-order valence-electron chi connectivity index (χ1n) is 7.89. The number of aromatic nitrogens is 2. The number of imidazole rings is 1. The van der Waals surface area contributed by atoms with Crippen molar-refractivity contribution in [2.24, 2.45) is 5.92 Å². The predicted molar refractivity (Wildman–Crippen MR) is 92.3 cm³/mol. The maximum atomic E-state index is 5.94. The van der Waals surface area contributed by atoms with Crippen LogP contribution in [0.25, 0.3) is 11.0 Å². The third-order valence-electron chi connectivity index (χ3n) is 4.17. The van der Waals surface area contributed by atoms with Gasteiger partial charge in [0, 0.05) is 6.54 Å². The Morgan fingerprint density at radius 2 is 2.19 bits per heavy atom. The van der Waals surface area contributed by atoms with Crippen molar-refractivity contribution in [1.29, 1.82) is 0 Å². The van der Waals surface area contributed by atoms with Gasteiger partial charge in [0.05, 0.1) is 17.4 Å². The fraction of sp³-hybridized carbons (Fsp3) is 0.500. The van der Waals surface area contributed by atoms with E-state index in [9.17, 15) is 0 Å². The average Bonchev–Trinajstić information content (AvgIpc) is 2.84. The third kappa shape index (κ3) is 3.78. The molecular formula is C18H25BN2. The van der Waals surface area contributed by atoms with Crippen LogP contribution in [0.15, 0.2) is 30.6 Å². The summed E-state index contributed by atoms with van der Waals surface area (Å²) >= 11 is 0. The van der Waals surface area contributed by atoms with Crippen LogP contribution in [0.3, 0.4) is 0 Å². The molecular weight excluding hydrogens is 255 g/mol. The second-order valence-corrected chi connectivity index (χ2v) is 6.22. The summed E-state index contributed by atoms with van der Waals surface area (Å²) in [6.45, 7) is 11.7. The van der Waals surface area contributed by atoms with Gasteiger partial charge in [-0.15, -0.1) is 0 Å². The minimum atomic E-state index is 0.713. The fourth-order valence-corrected chi connectivity index (χ4v) is 2.86. The standard InChI is InChI=1S/C18H25BN2/c1-5-6-7-13(2)10-14(3)11-21-12-20-18-15(4)16(19)8-9-17(18)21/h8-9,12-13H,3,5-7,10-11H2,1-2,4H3. The van der Waals surface area contributed by atoms with E-state index in [2.05, 4.69) is 36.0 Å². The third-order valence-corrected chi connectivity index (χ3v) is 4.17. The Morgan fingerprint density at radius 3 is 2.90 bits per heavy atom.